The lowest BCUT2D eigenvalue weighted by molar-refractivity contribution is -0.136. The Morgan fingerprint density at radius 3 is 3.07 bits per heavy atom. The monoisotopic (exact) mass is 368 g/mol. The van der Waals surface area contributed by atoms with Gasteiger partial charge in [-0.2, -0.15) is 5.10 Å². The Bertz CT molecular complexity index is 697. The van der Waals surface area contributed by atoms with Gasteiger partial charge in [-0.25, -0.2) is 0 Å². The van der Waals surface area contributed by atoms with Gasteiger partial charge in [0, 0.05) is 44.5 Å². The molecule has 5 heteroatoms. The average Bonchev–Trinajstić information content (AvgIpc) is 3.21. The number of hydrogen-bond acceptors (Lipinski definition) is 3. The molecule has 0 radical (unpaired) electrons. The molecule has 3 fully saturated rings. The Morgan fingerprint density at radius 2 is 2.19 bits per heavy atom. The molecular formula is C22H32N4O. The molecule has 0 spiro atoms. The summed E-state index contributed by atoms with van der Waals surface area (Å²) in [4.78, 5) is 18.1. The summed E-state index contributed by atoms with van der Waals surface area (Å²) >= 11 is 0. The smallest absolute Gasteiger partial charge is 0.223 e. The van der Waals surface area contributed by atoms with Crippen molar-refractivity contribution in [3.8, 4) is 0 Å². The SMILES string of the molecule is O=C(CCCn1cccn1)N1CCCC2=C[C@H]3CC(CN4CCCCC34)C21. The molecule has 5 rings (SSSR count). The van der Waals surface area contributed by atoms with E-state index < -0.39 is 0 Å². The number of fused-ring (bicyclic) bond motifs is 6. The lowest BCUT2D eigenvalue weighted by Gasteiger charge is -2.54. The Balaban J connectivity index is 1.28. The summed E-state index contributed by atoms with van der Waals surface area (Å²) in [6.45, 7) is 4.26. The van der Waals surface area contributed by atoms with Crippen molar-refractivity contribution in [3.63, 3.8) is 0 Å². The minimum absolute atomic E-state index is 0.358. The van der Waals surface area contributed by atoms with E-state index in [9.17, 15) is 4.79 Å². The van der Waals surface area contributed by atoms with Crippen molar-refractivity contribution in [2.75, 3.05) is 19.6 Å². The van der Waals surface area contributed by atoms with Gasteiger partial charge in [0.1, 0.15) is 0 Å². The molecule has 4 atom stereocenters. The highest BCUT2D eigenvalue weighted by atomic mass is 16.2. The summed E-state index contributed by atoms with van der Waals surface area (Å²) in [6.07, 6.45) is 15.7. The van der Waals surface area contributed by atoms with E-state index in [0.717, 1.165) is 37.9 Å². The topological polar surface area (TPSA) is 41.4 Å². The summed E-state index contributed by atoms with van der Waals surface area (Å²) in [5.41, 5.74) is 1.59. The first-order valence-corrected chi connectivity index (χ1v) is 11.0. The number of piperidine rings is 3. The Kier molecular flexibility index (Phi) is 4.80. The third kappa shape index (κ3) is 3.35. The normalized spacial score (nSPS) is 33.2. The minimum atomic E-state index is 0.358. The van der Waals surface area contributed by atoms with Crippen LogP contribution in [0.3, 0.4) is 0 Å². The number of amides is 1. The fraction of sp³-hybridized carbons (Fsp3) is 0.727. The molecule has 3 saturated heterocycles. The summed E-state index contributed by atoms with van der Waals surface area (Å²) < 4.78 is 1.93. The van der Waals surface area contributed by atoms with Crippen LogP contribution in [0.5, 0.6) is 0 Å². The van der Waals surface area contributed by atoms with Crippen LogP contribution in [-0.2, 0) is 11.3 Å². The van der Waals surface area contributed by atoms with Crippen LogP contribution in [0.2, 0.25) is 0 Å². The standard InChI is InChI=1S/C22H32N4O/c27-21(8-4-11-25-12-5-9-23-25)26-13-3-6-17-14-18-15-19(22(17)26)16-24-10-2-1-7-20(18)24/h5,9,12,14,18-20,22H,1-4,6-8,10-11,13,15-16H2/t18-,19?,20?,22?/m0/s1. The second-order valence-corrected chi connectivity index (χ2v) is 8.97. The van der Waals surface area contributed by atoms with Crippen LogP contribution in [-0.4, -0.2) is 57.2 Å². The second-order valence-electron chi connectivity index (χ2n) is 8.97. The summed E-state index contributed by atoms with van der Waals surface area (Å²) in [6, 6.07) is 3.11. The van der Waals surface area contributed by atoms with Crippen LogP contribution in [0.1, 0.15) is 51.4 Å². The van der Waals surface area contributed by atoms with Gasteiger partial charge in [-0.3, -0.25) is 14.4 Å². The van der Waals surface area contributed by atoms with Gasteiger partial charge in [0.25, 0.3) is 0 Å². The van der Waals surface area contributed by atoms with Gasteiger partial charge < -0.3 is 4.90 Å². The predicted molar refractivity (Wildman–Crippen MR) is 105 cm³/mol. The highest BCUT2D eigenvalue weighted by Gasteiger charge is 2.46. The number of nitrogens with zero attached hydrogens (tertiary/aromatic N) is 4. The zero-order valence-corrected chi connectivity index (χ0v) is 16.3. The van der Waals surface area contributed by atoms with Crippen LogP contribution in [0.4, 0.5) is 0 Å². The Hall–Kier alpha value is -1.62. The van der Waals surface area contributed by atoms with Crippen molar-refractivity contribution in [2.45, 2.75) is 70.0 Å². The van der Waals surface area contributed by atoms with Gasteiger partial charge in [-0.05, 0) is 63.0 Å². The molecule has 146 valence electrons. The van der Waals surface area contributed by atoms with E-state index in [0.29, 0.717) is 24.3 Å². The average molecular weight is 369 g/mol. The van der Waals surface area contributed by atoms with Gasteiger partial charge in [0.15, 0.2) is 0 Å². The van der Waals surface area contributed by atoms with E-state index in [1.807, 2.05) is 16.9 Å². The van der Waals surface area contributed by atoms with Gasteiger partial charge in [-0.15, -0.1) is 0 Å². The number of aryl methyl sites for hydroxylation is 1. The molecule has 27 heavy (non-hydrogen) atoms. The molecular weight excluding hydrogens is 336 g/mol. The van der Waals surface area contributed by atoms with E-state index in [1.54, 1.807) is 11.8 Å². The molecule has 0 saturated carbocycles. The highest BCUT2D eigenvalue weighted by Crippen LogP contribution is 2.45. The first kappa shape index (κ1) is 17.5. The van der Waals surface area contributed by atoms with Crippen LogP contribution >= 0.6 is 0 Å². The third-order valence-corrected chi connectivity index (χ3v) is 7.31. The molecule has 0 N–H and O–H groups in total. The number of carbonyl (C=O) groups is 1. The van der Waals surface area contributed by atoms with E-state index in [-0.39, 0.29) is 0 Å². The zero-order valence-electron chi connectivity index (χ0n) is 16.3. The molecule has 1 amide bonds. The molecule has 3 unspecified atom stereocenters. The van der Waals surface area contributed by atoms with E-state index in [4.69, 9.17) is 0 Å². The van der Waals surface area contributed by atoms with Gasteiger partial charge >= 0.3 is 0 Å². The van der Waals surface area contributed by atoms with Gasteiger partial charge in [0.05, 0.1) is 6.04 Å². The quantitative estimate of drug-likeness (QED) is 0.767. The first-order chi connectivity index (χ1) is 13.3. The molecule has 5 nitrogen and oxygen atoms in total. The summed E-state index contributed by atoms with van der Waals surface area (Å²) in [5, 5.41) is 4.25. The lowest BCUT2D eigenvalue weighted by Crippen LogP contribution is -2.60. The largest absolute Gasteiger partial charge is 0.336 e. The molecule has 3 aliphatic heterocycles. The molecule has 2 bridgehead atoms. The predicted octanol–water partition coefficient (Wildman–Crippen LogP) is 3.08. The lowest BCUT2D eigenvalue weighted by atomic mass is 9.68. The van der Waals surface area contributed by atoms with Crippen molar-refractivity contribution in [2.24, 2.45) is 11.8 Å². The molecule has 4 heterocycles. The molecule has 1 aromatic heterocycles. The highest BCUT2D eigenvalue weighted by molar-refractivity contribution is 5.77. The first-order valence-electron chi connectivity index (χ1n) is 11.0. The summed E-state index contributed by atoms with van der Waals surface area (Å²) in [5.74, 6) is 1.75. The maximum absolute atomic E-state index is 13.1. The maximum Gasteiger partial charge on any atom is 0.223 e. The number of rotatable bonds is 4. The van der Waals surface area contributed by atoms with Crippen molar-refractivity contribution in [1.82, 2.24) is 19.6 Å². The number of carbonyl (C=O) groups excluding carboxylic acids is 1. The molecule has 0 aromatic carbocycles. The van der Waals surface area contributed by atoms with Gasteiger partial charge in [0.2, 0.25) is 5.91 Å². The van der Waals surface area contributed by atoms with Crippen molar-refractivity contribution >= 4 is 5.91 Å². The molecule has 4 aliphatic rings. The minimum Gasteiger partial charge on any atom is -0.336 e. The van der Waals surface area contributed by atoms with Crippen LogP contribution < -0.4 is 0 Å². The number of hydrogen-bond donors (Lipinski definition) is 0. The van der Waals surface area contributed by atoms with Crippen molar-refractivity contribution < 1.29 is 4.79 Å². The number of aromatic nitrogens is 2. The van der Waals surface area contributed by atoms with E-state index in [2.05, 4.69) is 21.0 Å². The summed E-state index contributed by atoms with van der Waals surface area (Å²) in [7, 11) is 0. The third-order valence-electron chi connectivity index (χ3n) is 7.31. The van der Waals surface area contributed by atoms with Gasteiger partial charge in [-0.1, -0.05) is 18.1 Å². The number of likely N-dealkylation sites (tertiary alicyclic amines) is 1. The second kappa shape index (κ2) is 7.42. The fourth-order valence-electron chi connectivity index (χ4n) is 6.22. The maximum atomic E-state index is 13.1. The van der Waals surface area contributed by atoms with E-state index >= 15 is 0 Å². The zero-order chi connectivity index (χ0) is 18.2. The fourth-order valence-corrected chi connectivity index (χ4v) is 6.22. The van der Waals surface area contributed by atoms with Crippen molar-refractivity contribution in [3.05, 3.63) is 30.1 Å². The van der Waals surface area contributed by atoms with E-state index in [1.165, 1.54) is 45.2 Å². The Morgan fingerprint density at radius 1 is 1.22 bits per heavy atom. The van der Waals surface area contributed by atoms with Crippen molar-refractivity contribution in [1.29, 1.82) is 0 Å². The Labute approximate surface area is 162 Å². The molecule has 1 aliphatic carbocycles. The van der Waals surface area contributed by atoms with Crippen LogP contribution in [0, 0.1) is 11.8 Å². The van der Waals surface area contributed by atoms with Crippen LogP contribution in [0.25, 0.3) is 0 Å². The van der Waals surface area contributed by atoms with Crippen LogP contribution in [0.15, 0.2) is 30.1 Å². The molecule has 1 aromatic rings.